The molecule has 4 heteroatoms. The average Bonchev–Trinajstić information content (AvgIpc) is 2.41. The van der Waals surface area contributed by atoms with E-state index in [1.165, 1.54) is 0 Å². The van der Waals surface area contributed by atoms with Crippen molar-refractivity contribution in [1.29, 1.82) is 0 Å². The van der Waals surface area contributed by atoms with Crippen LogP contribution in [0.5, 0.6) is 5.75 Å². The summed E-state index contributed by atoms with van der Waals surface area (Å²) in [6.45, 7) is 7.79. The Labute approximate surface area is 120 Å². The first-order chi connectivity index (χ1) is 9.51. The van der Waals surface area contributed by atoms with Crippen molar-refractivity contribution in [3.05, 3.63) is 24.3 Å². The van der Waals surface area contributed by atoms with Crippen molar-refractivity contribution in [2.75, 3.05) is 18.4 Å². The second-order valence-corrected chi connectivity index (χ2v) is 5.93. The minimum Gasteiger partial charge on any atom is -0.489 e. The number of hydrogen-bond donors (Lipinski definition) is 2. The van der Waals surface area contributed by atoms with E-state index in [1.807, 2.05) is 45.0 Å². The molecule has 0 unspecified atom stereocenters. The summed E-state index contributed by atoms with van der Waals surface area (Å²) in [5, 5.41) is 6.33. The molecule has 4 nitrogen and oxygen atoms in total. The molecule has 20 heavy (non-hydrogen) atoms. The maximum absolute atomic E-state index is 12.5. The third kappa shape index (κ3) is 3.51. The molecule has 1 amide bonds. The maximum Gasteiger partial charge on any atom is 0.230 e. The Balaban J connectivity index is 2.11. The van der Waals surface area contributed by atoms with Crippen LogP contribution in [0.25, 0.3) is 0 Å². The predicted octanol–water partition coefficient (Wildman–Crippen LogP) is 2.80. The predicted molar refractivity (Wildman–Crippen MR) is 81.0 cm³/mol. The van der Waals surface area contributed by atoms with Crippen LogP contribution in [0.15, 0.2) is 24.3 Å². The number of ether oxygens (including phenoxy) is 1. The van der Waals surface area contributed by atoms with Gasteiger partial charge in [0, 0.05) is 5.41 Å². The number of rotatable bonds is 4. The van der Waals surface area contributed by atoms with E-state index in [9.17, 15) is 4.79 Å². The molecule has 1 saturated heterocycles. The summed E-state index contributed by atoms with van der Waals surface area (Å²) in [7, 11) is 0. The van der Waals surface area contributed by atoms with Crippen LogP contribution in [-0.4, -0.2) is 25.1 Å². The van der Waals surface area contributed by atoms with Crippen molar-refractivity contribution in [3.8, 4) is 5.75 Å². The van der Waals surface area contributed by atoms with E-state index in [0.29, 0.717) is 0 Å². The highest BCUT2D eigenvalue weighted by atomic mass is 16.5. The lowest BCUT2D eigenvalue weighted by Crippen LogP contribution is -2.42. The molecule has 0 spiro atoms. The van der Waals surface area contributed by atoms with Crippen molar-refractivity contribution in [2.24, 2.45) is 5.41 Å². The van der Waals surface area contributed by atoms with Gasteiger partial charge in [-0.2, -0.15) is 0 Å². The highest BCUT2D eigenvalue weighted by molar-refractivity contribution is 5.96. The van der Waals surface area contributed by atoms with Gasteiger partial charge in [-0.15, -0.1) is 0 Å². The molecule has 2 N–H and O–H groups in total. The molecule has 110 valence electrons. The molecule has 1 aliphatic heterocycles. The van der Waals surface area contributed by atoms with E-state index in [0.717, 1.165) is 37.4 Å². The Morgan fingerprint density at radius 3 is 2.60 bits per heavy atom. The van der Waals surface area contributed by atoms with Gasteiger partial charge in [-0.3, -0.25) is 4.79 Å². The zero-order valence-corrected chi connectivity index (χ0v) is 12.5. The smallest absolute Gasteiger partial charge is 0.230 e. The molecule has 1 aromatic rings. The topological polar surface area (TPSA) is 50.4 Å². The molecular weight excluding hydrogens is 252 g/mol. The normalized spacial score (nSPS) is 17.8. The molecule has 0 aliphatic carbocycles. The van der Waals surface area contributed by atoms with E-state index < -0.39 is 0 Å². The summed E-state index contributed by atoms with van der Waals surface area (Å²) in [4.78, 5) is 12.5. The molecule has 0 radical (unpaired) electrons. The van der Waals surface area contributed by atoms with Crippen molar-refractivity contribution < 1.29 is 9.53 Å². The number of benzene rings is 1. The molecule has 1 aromatic carbocycles. The summed E-state index contributed by atoms with van der Waals surface area (Å²) in [6.07, 6.45) is 1.82. The van der Waals surface area contributed by atoms with E-state index in [4.69, 9.17) is 4.74 Å². The fourth-order valence-electron chi connectivity index (χ4n) is 2.41. The molecular formula is C16H24N2O2. The van der Waals surface area contributed by atoms with Crippen LogP contribution in [0, 0.1) is 5.41 Å². The number of amides is 1. The monoisotopic (exact) mass is 276 g/mol. The van der Waals surface area contributed by atoms with E-state index >= 15 is 0 Å². The lowest BCUT2D eigenvalue weighted by Gasteiger charge is -2.32. The van der Waals surface area contributed by atoms with Gasteiger partial charge >= 0.3 is 0 Å². The fourth-order valence-corrected chi connectivity index (χ4v) is 2.41. The van der Waals surface area contributed by atoms with Gasteiger partial charge in [0.25, 0.3) is 0 Å². The molecule has 0 aromatic heterocycles. The van der Waals surface area contributed by atoms with Crippen LogP contribution in [0.1, 0.15) is 33.6 Å². The minimum atomic E-state index is -0.295. The molecule has 0 atom stereocenters. The summed E-state index contributed by atoms with van der Waals surface area (Å²) in [5.41, 5.74) is 0.460. The lowest BCUT2D eigenvalue weighted by molar-refractivity contribution is -0.126. The molecule has 0 bridgehead atoms. The molecule has 1 fully saturated rings. The Morgan fingerprint density at radius 2 is 1.95 bits per heavy atom. The number of hydrogen-bond acceptors (Lipinski definition) is 3. The van der Waals surface area contributed by atoms with Gasteiger partial charge in [-0.25, -0.2) is 0 Å². The minimum absolute atomic E-state index is 0.0822. The van der Waals surface area contributed by atoms with Crippen LogP contribution < -0.4 is 15.4 Å². The van der Waals surface area contributed by atoms with Gasteiger partial charge in [-0.05, 0) is 51.9 Å². The first-order valence-electron chi connectivity index (χ1n) is 7.29. The molecule has 1 aliphatic rings. The van der Waals surface area contributed by atoms with Crippen LogP contribution in [0.2, 0.25) is 0 Å². The number of carbonyl (C=O) groups excluding carboxylic acids is 1. The van der Waals surface area contributed by atoms with Gasteiger partial charge in [0.15, 0.2) is 0 Å². The Kier molecular flexibility index (Phi) is 4.65. The first kappa shape index (κ1) is 14.9. The van der Waals surface area contributed by atoms with Crippen LogP contribution in [-0.2, 0) is 4.79 Å². The Morgan fingerprint density at radius 1 is 1.30 bits per heavy atom. The van der Waals surface area contributed by atoms with Crippen molar-refractivity contribution in [1.82, 2.24) is 5.32 Å². The molecule has 2 rings (SSSR count). The fraction of sp³-hybridized carbons (Fsp3) is 0.562. The second kappa shape index (κ2) is 6.27. The third-order valence-electron chi connectivity index (χ3n) is 3.75. The van der Waals surface area contributed by atoms with Gasteiger partial charge in [0.1, 0.15) is 5.75 Å². The summed E-state index contributed by atoms with van der Waals surface area (Å²) < 4.78 is 5.74. The van der Waals surface area contributed by atoms with Crippen molar-refractivity contribution in [2.45, 2.75) is 39.7 Å². The average molecular weight is 276 g/mol. The van der Waals surface area contributed by atoms with Crippen molar-refractivity contribution >= 4 is 11.6 Å². The lowest BCUT2D eigenvalue weighted by atomic mass is 9.80. The largest absolute Gasteiger partial charge is 0.489 e. The Hall–Kier alpha value is -1.55. The molecule has 0 saturated carbocycles. The summed E-state index contributed by atoms with van der Waals surface area (Å²) in [6, 6.07) is 7.60. The van der Waals surface area contributed by atoms with Gasteiger partial charge < -0.3 is 15.4 Å². The number of carbonyl (C=O) groups is 1. The zero-order valence-electron chi connectivity index (χ0n) is 12.5. The summed E-state index contributed by atoms with van der Waals surface area (Å²) >= 11 is 0. The third-order valence-corrected chi connectivity index (χ3v) is 3.75. The molecule has 1 heterocycles. The quantitative estimate of drug-likeness (QED) is 0.889. The zero-order chi connectivity index (χ0) is 14.6. The van der Waals surface area contributed by atoms with Crippen LogP contribution in [0.4, 0.5) is 5.69 Å². The van der Waals surface area contributed by atoms with E-state index in [1.54, 1.807) is 0 Å². The second-order valence-electron chi connectivity index (χ2n) is 5.93. The van der Waals surface area contributed by atoms with Crippen LogP contribution >= 0.6 is 0 Å². The van der Waals surface area contributed by atoms with E-state index in [2.05, 4.69) is 10.6 Å². The highest BCUT2D eigenvalue weighted by Gasteiger charge is 2.34. The number of anilines is 1. The first-order valence-corrected chi connectivity index (χ1v) is 7.29. The van der Waals surface area contributed by atoms with E-state index in [-0.39, 0.29) is 17.4 Å². The SMILES string of the molecule is CC(C)Oc1ccccc1NC(=O)C1(C)CCNCC1. The van der Waals surface area contributed by atoms with Gasteiger partial charge in [-0.1, -0.05) is 19.1 Å². The summed E-state index contributed by atoms with van der Waals surface area (Å²) in [5.74, 6) is 0.812. The van der Waals surface area contributed by atoms with Crippen LogP contribution in [0.3, 0.4) is 0 Å². The standard InChI is InChI=1S/C16H24N2O2/c1-12(2)20-14-7-5-4-6-13(14)18-15(19)16(3)8-10-17-11-9-16/h4-7,12,17H,8-11H2,1-3H3,(H,18,19). The van der Waals surface area contributed by atoms with Gasteiger partial charge in [0.05, 0.1) is 11.8 Å². The maximum atomic E-state index is 12.5. The number of piperidine rings is 1. The highest BCUT2D eigenvalue weighted by Crippen LogP contribution is 2.32. The Bertz CT molecular complexity index is 465. The number of para-hydroxylation sites is 2. The number of nitrogens with one attached hydrogen (secondary N) is 2. The van der Waals surface area contributed by atoms with Crippen molar-refractivity contribution in [3.63, 3.8) is 0 Å². The van der Waals surface area contributed by atoms with Gasteiger partial charge in [0.2, 0.25) is 5.91 Å².